The van der Waals surface area contributed by atoms with Crippen molar-refractivity contribution in [3.8, 4) is 0 Å². The molecular formula is C12H9Cl2N3O. The van der Waals surface area contributed by atoms with Gasteiger partial charge >= 0.3 is 0 Å². The van der Waals surface area contributed by atoms with Crippen molar-refractivity contribution >= 4 is 34.9 Å². The maximum atomic E-state index is 11.7. The Morgan fingerprint density at radius 1 is 1.17 bits per heavy atom. The molecule has 0 saturated carbocycles. The highest BCUT2D eigenvalue weighted by molar-refractivity contribution is 6.30. The van der Waals surface area contributed by atoms with Gasteiger partial charge < -0.3 is 5.32 Å². The lowest BCUT2D eigenvalue weighted by atomic mass is 10.1. The molecule has 1 amide bonds. The van der Waals surface area contributed by atoms with E-state index in [2.05, 4.69) is 15.3 Å². The predicted molar refractivity (Wildman–Crippen MR) is 70.8 cm³/mol. The van der Waals surface area contributed by atoms with E-state index in [1.54, 1.807) is 30.3 Å². The van der Waals surface area contributed by atoms with E-state index in [0.717, 1.165) is 5.56 Å². The second-order valence-electron chi connectivity index (χ2n) is 3.56. The standard InChI is InChI=1S/C12H9Cl2N3O/c13-9-3-1-8(2-4-9)7-11(18)16-10-5-6-15-12(14)17-10/h1-6H,7H2,(H,15,16,17,18). The van der Waals surface area contributed by atoms with Gasteiger partial charge in [0.15, 0.2) is 0 Å². The SMILES string of the molecule is O=C(Cc1ccc(Cl)cc1)Nc1ccnc(Cl)n1. The first-order valence-corrected chi connectivity index (χ1v) is 5.92. The van der Waals surface area contributed by atoms with Crippen molar-refractivity contribution in [1.29, 1.82) is 0 Å². The normalized spacial score (nSPS) is 10.1. The van der Waals surface area contributed by atoms with Crippen LogP contribution in [0.15, 0.2) is 36.5 Å². The van der Waals surface area contributed by atoms with E-state index in [9.17, 15) is 4.79 Å². The fraction of sp³-hybridized carbons (Fsp3) is 0.0833. The highest BCUT2D eigenvalue weighted by Crippen LogP contribution is 2.11. The number of aromatic nitrogens is 2. The van der Waals surface area contributed by atoms with E-state index in [1.165, 1.54) is 6.20 Å². The third kappa shape index (κ3) is 3.68. The van der Waals surface area contributed by atoms with Crippen LogP contribution in [0.2, 0.25) is 10.3 Å². The van der Waals surface area contributed by atoms with E-state index in [4.69, 9.17) is 23.2 Å². The number of nitrogens with zero attached hydrogens (tertiary/aromatic N) is 2. The molecular weight excluding hydrogens is 273 g/mol. The van der Waals surface area contributed by atoms with E-state index in [-0.39, 0.29) is 17.6 Å². The summed E-state index contributed by atoms with van der Waals surface area (Å²) in [6.07, 6.45) is 1.73. The van der Waals surface area contributed by atoms with Gasteiger partial charge in [0.1, 0.15) is 5.82 Å². The molecule has 4 nitrogen and oxygen atoms in total. The lowest BCUT2D eigenvalue weighted by molar-refractivity contribution is -0.115. The second kappa shape index (κ2) is 5.80. The van der Waals surface area contributed by atoms with Crippen molar-refractivity contribution < 1.29 is 4.79 Å². The van der Waals surface area contributed by atoms with Crippen LogP contribution in [0.3, 0.4) is 0 Å². The average molecular weight is 282 g/mol. The summed E-state index contributed by atoms with van der Waals surface area (Å²) in [5.74, 6) is 0.209. The minimum Gasteiger partial charge on any atom is -0.310 e. The molecule has 0 fully saturated rings. The fourth-order valence-corrected chi connectivity index (χ4v) is 1.65. The molecule has 6 heteroatoms. The van der Waals surface area contributed by atoms with Crippen molar-refractivity contribution in [1.82, 2.24) is 9.97 Å². The zero-order chi connectivity index (χ0) is 13.0. The smallest absolute Gasteiger partial charge is 0.229 e. The van der Waals surface area contributed by atoms with Crippen LogP contribution in [0.5, 0.6) is 0 Å². The van der Waals surface area contributed by atoms with Crippen LogP contribution in [0.4, 0.5) is 5.82 Å². The fourth-order valence-electron chi connectivity index (χ4n) is 1.38. The zero-order valence-corrected chi connectivity index (χ0v) is 10.7. The molecule has 1 N–H and O–H groups in total. The highest BCUT2D eigenvalue weighted by atomic mass is 35.5. The summed E-state index contributed by atoms with van der Waals surface area (Å²) in [6, 6.07) is 8.66. The monoisotopic (exact) mass is 281 g/mol. The Morgan fingerprint density at radius 3 is 2.56 bits per heavy atom. The topological polar surface area (TPSA) is 54.9 Å². The molecule has 1 aromatic heterocycles. The number of halogens is 2. The van der Waals surface area contributed by atoms with Gasteiger partial charge in [-0.1, -0.05) is 23.7 Å². The number of hydrogen-bond donors (Lipinski definition) is 1. The summed E-state index contributed by atoms with van der Waals surface area (Å²) in [5, 5.41) is 3.38. The summed E-state index contributed by atoms with van der Waals surface area (Å²) in [5.41, 5.74) is 0.872. The number of rotatable bonds is 3. The lowest BCUT2D eigenvalue weighted by Crippen LogP contribution is -2.15. The Kier molecular flexibility index (Phi) is 4.12. The summed E-state index contributed by atoms with van der Waals surface area (Å²) >= 11 is 11.4. The Balaban J connectivity index is 1.98. The first-order chi connectivity index (χ1) is 8.63. The largest absolute Gasteiger partial charge is 0.310 e. The van der Waals surface area contributed by atoms with Crippen LogP contribution in [0, 0.1) is 0 Å². The Morgan fingerprint density at radius 2 is 1.89 bits per heavy atom. The van der Waals surface area contributed by atoms with Crippen LogP contribution in [0.25, 0.3) is 0 Å². The van der Waals surface area contributed by atoms with Gasteiger partial charge in [-0.15, -0.1) is 0 Å². The molecule has 0 bridgehead atoms. The van der Waals surface area contributed by atoms with Crippen molar-refractivity contribution in [2.75, 3.05) is 5.32 Å². The number of nitrogens with one attached hydrogen (secondary N) is 1. The summed E-state index contributed by atoms with van der Waals surface area (Å²) in [7, 11) is 0. The van der Waals surface area contributed by atoms with Gasteiger partial charge in [0.2, 0.25) is 11.2 Å². The molecule has 0 radical (unpaired) electrons. The maximum absolute atomic E-state index is 11.7. The van der Waals surface area contributed by atoms with Gasteiger partial charge in [0.25, 0.3) is 0 Å². The molecule has 0 aliphatic heterocycles. The van der Waals surface area contributed by atoms with Crippen LogP contribution in [-0.4, -0.2) is 15.9 Å². The van der Waals surface area contributed by atoms with E-state index in [0.29, 0.717) is 10.8 Å². The first kappa shape index (κ1) is 12.8. The maximum Gasteiger partial charge on any atom is 0.229 e. The predicted octanol–water partition coefficient (Wildman–Crippen LogP) is 2.96. The number of amides is 1. The van der Waals surface area contributed by atoms with Crippen LogP contribution in [-0.2, 0) is 11.2 Å². The van der Waals surface area contributed by atoms with Crippen molar-refractivity contribution in [2.24, 2.45) is 0 Å². The molecule has 1 aromatic carbocycles. The average Bonchev–Trinajstić information content (AvgIpc) is 2.32. The molecule has 18 heavy (non-hydrogen) atoms. The molecule has 0 spiro atoms. The minimum absolute atomic E-state index is 0.0966. The summed E-state index contributed by atoms with van der Waals surface area (Å²) in [6.45, 7) is 0. The Bertz CT molecular complexity index is 558. The van der Waals surface area contributed by atoms with Crippen molar-refractivity contribution in [3.05, 3.63) is 52.4 Å². The van der Waals surface area contributed by atoms with E-state index >= 15 is 0 Å². The van der Waals surface area contributed by atoms with Gasteiger partial charge in [0, 0.05) is 11.2 Å². The highest BCUT2D eigenvalue weighted by Gasteiger charge is 2.05. The Hall–Kier alpha value is -1.65. The molecule has 0 atom stereocenters. The number of carbonyl (C=O) groups is 1. The molecule has 2 rings (SSSR count). The number of hydrogen-bond acceptors (Lipinski definition) is 3. The summed E-state index contributed by atoms with van der Waals surface area (Å²) in [4.78, 5) is 19.3. The molecule has 0 aliphatic carbocycles. The van der Waals surface area contributed by atoms with Crippen LogP contribution < -0.4 is 5.32 Å². The van der Waals surface area contributed by atoms with Crippen molar-refractivity contribution in [2.45, 2.75) is 6.42 Å². The Labute approximate surface area is 114 Å². The van der Waals surface area contributed by atoms with Gasteiger partial charge in [0.05, 0.1) is 6.42 Å². The van der Waals surface area contributed by atoms with Gasteiger partial charge in [-0.05, 0) is 35.4 Å². The molecule has 2 aromatic rings. The van der Waals surface area contributed by atoms with Crippen molar-refractivity contribution in [3.63, 3.8) is 0 Å². The van der Waals surface area contributed by atoms with Crippen LogP contribution >= 0.6 is 23.2 Å². The third-order valence-electron chi connectivity index (χ3n) is 2.17. The molecule has 92 valence electrons. The first-order valence-electron chi connectivity index (χ1n) is 5.16. The minimum atomic E-state index is -0.174. The second-order valence-corrected chi connectivity index (χ2v) is 4.34. The zero-order valence-electron chi connectivity index (χ0n) is 9.23. The van der Waals surface area contributed by atoms with Gasteiger partial charge in [-0.2, -0.15) is 0 Å². The number of anilines is 1. The van der Waals surface area contributed by atoms with E-state index < -0.39 is 0 Å². The summed E-state index contributed by atoms with van der Waals surface area (Å²) < 4.78 is 0. The molecule has 1 heterocycles. The molecule has 0 unspecified atom stereocenters. The van der Waals surface area contributed by atoms with Gasteiger partial charge in [-0.25, -0.2) is 9.97 Å². The van der Waals surface area contributed by atoms with E-state index in [1.807, 2.05) is 0 Å². The van der Waals surface area contributed by atoms with Gasteiger partial charge in [-0.3, -0.25) is 4.79 Å². The number of benzene rings is 1. The molecule has 0 saturated heterocycles. The number of carbonyl (C=O) groups excluding carboxylic acids is 1. The third-order valence-corrected chi connectivity index (χ3v) is 2.61. The van der Waals surface area contributed by atoms with Crippen LogP contribution in [0.1, 0.15) is 5.56 Å². The molecule has 0 aliphatic rings. The lowest BCUT2D eigenvalue weighted by Gasteiger charge is -2.04. The quantitative estimate of drug-likeness (QED) is 0.880.